The van der Waals surface area contributed by atoms with Crippen LogP contribution in [0, 0.1) is 0 Å². The van der Waals surface area contributed by atoms with Crippen molar-refractivity contribution < 1.29 is 32.1 Å². The molecule has 1 heterocycles. The van der Waals surface area contributed by atoms with E-state index in [0.29, 0.717) is 0 Å². The molecule has 1 saturated heterocycles. The summed E-state index contributed by atoms with van der Waals surface area (Å²) in [6, 6.07) is 1.01. The Morgan fingerprint density at radius 3 is 1.78 bits per heavy atom. The maximum Gasteiger partial charge on any atom is 0.708 e. The van der Waals surface area contributed by atoms with E-state index in [4.69, 9.17) is 17.7 Å². The molecular weight excluding hydrogens is 336 g/mol. The van der Waals surface area contributed by atoms with E-state index in [1.54, 1.807) is 6.92 Å². The molecule has 1 fully saturated rings. The Bertz CT molecular complexity index is 408. The normalized spacial score (nSPS) is 21.0. The highest BCUT2D eigenvalue weighted by atomic mass is 28.4. The quantitative estimate of drug-likeness (QED) is 0.667. The highest BCUT2D eigenvalue weighted by Gasteiger charge is 2.60. The second kappa shape index (κ2) is 8.60. The van der Waals surface area contributed by atoms with Gasteiger partial charge in [-0.2, -0.15) is 0 Å². The lowest BCUT2D eigenvalue weighted by Gasteiger charge is -2.36. The Hall–Kier alpha value is -1.20. The van der Waals surface area contributed by atoms with E-state index in [9.17, 15) is 14.4 Å². The smallest absolute Gasteiger partial charge is 0.455 e. The van der Waals surface area contributed by atoms with E-state index >= 15 is 0 Å². The van der Waals surface area contributed by atoms with Crippen molar-refractivity contribution in [1.29, 1.82) is 0 Å². The number of carbonyl (C=O) groups excluding carboxylic acids is 3. The van der Waals surface area contributed by atoms with Crippen molar-refractivity contribution in [3.8, 4) is 0 Å². The minimum atomic E-state index is -3.83. The maximum absolute atomic E-state index is 11.5. The molecule has 0 aromatic rings. The van der Waals surface area contributed by atoms with Crippen molar-refractivity contribution >= 4 is 35.8 Å². The predicted octanol–water partition coefficient (Wildman–Crippen LogP) is 1.93. The molecule has 0 radical (unpaired) electrons. The average Bonchev–Trinajstić information content (AvgIpc) is 2.44. The highest BCUT2D eigenvalue weighted by Crippen LogP contribution is 2.40. The molecule has 3 atom stereocenters. The summed E-state index contributed by atoms with van der Waals surface area (Å²) in [4.78, 5) is 34.6. The van der Waals surface area contributed by atoms with Crippen LogP contribution in [0.15, 0.2) is 0 Å². The van der Waals surface area contributed by atoms with Gasteiger partial charge in [0, 0.05) is 27.4 Å². The first-order chi connectivity index (χ1) is 10.7. The van der Waals surface area contributed by atoms with Gasteiger partial charge in [-0.25, -0.2) is 0 Å². The van der Waals surface area contributed by atoms with Gasteiger partial charge in [0.25, 0.3) is 17.9 Å². The molecule has 0 aromatic carbocycles. The SMILES string of the molecule is CC(=O)O[Si](OC(C)=O)(OC(C)=O)C(C)C(C)[SiH]1CCCCO1. The molecule has 0 amide bonds. The summed E-state index contributed by atoms with van der Waals surface area (Å²) in [5.41, 5.74) is -0.353. The van der Waals surface area contributed by atoms with E-state index in [1.165, 1.54) is 20.8 Å². The van der Waals surface area contributed by atoms with Gasteiger partial charge >= 0.3 is 8.80 Å². The summed E-state index contributed by atoms with van der Waals surface area (Å²) in [5, 5.41) is 0. The van der Waals surface area contributed by atoms with Gasteiger partial charge in [-0.15, -0.1) is 0 Å². The Kier molecular flexibility index (Phi) is 7.42. The molecule has 7 nitrogen and oxygen atoms in total. The van der Waals surface area contributed by atoms with Crippen LogP contribution in [-0.2, 0) is 32.1 Å². The van der Waals surface area contributed by atoms with Crippen LogP contribution in [-0.4, -0.2) is 42.4 Å². The van der Waals surface area contributed by atoms with E-state index in [-0.39, 0.29) is 5.54 Å². The predicted molar refractivity (Wildman–Crippen MR) is 87.0 cm³/mol. The molecule has 1 aliphatic rings. The third-order valence-corrected chi connectivity index (χ3v) is 11.1. The van der Waals surface area contributed by atoms with Crippen molar-refractivity contribution in [2.24, 2.45) is 0 Å². The summed E-state index contributed by atoms with van der Waals surface area (Å²) in [6.45, 7) is 8.15. The van der Waals surface area contributed by atoms with Crippen LogP contribution in [0.2, 0.25) is 17.1 Å². The molecule has 1 aliphatic heterocycles. The Morgan fingerprint density at radius 2 is 1.43 bits per heavy atom. The average molecular weight is 363 g/mol. The van der Waals surface area contributed by atoms with Gasteiger partial charge < -0.3 is 17.7 Å². The molecule has 1 rings (SSSR count). The van der Waals surface area contributed by atoms with Crippen LogP contribution < -0.4 is 0 Å². The first kappa shape index (κ1) is 19.8. The molecule has 3 unspecified atom stereocenters. The van der Waals surface area contributed by atoms with Crippen LogP contribution >= 0.6 is 0 Å². The lowest BCUT2D eigenvalue weighted by atomic mass is 10.3. The molecule has 23 heavy (non-hydrogen) atoms. The van der Waals surface area contributed by atoms with Crippen LogP contribution in [0.4, 0.5) is 0 Å². The molecular formula is C14H26O7Si2. The Morgan fingerprint density at radius 1 is 0.957 bits per heavy atom. The lowest BCUT2D eigenvalue weighted by Crippen LogP contribution is -2.54. The highest BCUT2D eigenvalue weighted by molar-refractivity contribution is 6.69. The third-order valence-electron chi connectivity index (χ3n) is 4.01. The van der Waals surface area contributed by atoms with Crippen molar-refractivity contribution in [2.75, 3.05) is 6.61 Å². The number of rotatable bonds is 6. The van der Waals surface area contributed by atoms with Crippen molar-refractivity contribution in [2.45, 2.75) is 64.6 Å². The topological polar surface area (TPSA) is 88.1 Å². The largest absolute Gasteiger partial charge is 0.708 e. The molecule has 0 spiro atoms. The third kappa shape index (κ3) is 5.74. The Labute approximate surface area is 139 Å². The van der Waals surface area contributed by atoms with E-state index < -0.39 is 41.3 Å². The van der Waals surface area contributed by atoms with Gasteiger partial charge in [0.2, 0.25) is 0 Å². The summed E-state index contributed by atoms with van der Waals surface area (Å²) >= 11 is 0. The molecule has 0 aromatic heterocycles. The van der Waals surface area contributed by atoms with Crippen molar-refractivity contribution in [3.63, 3.8) is 0 Å². The molecule has 0 bridgehead atoms. The fourth-order valence-electron chi connectivity index (χ4n) is 2.77. The number of carbonyl (C=O) groups is 3. The van der Waals surface area contributed by atoms with E-state index in [0.717, 1.165) is 25.5 Å². The molecule has 9 heteroatoms. The van der Waals surface area contributed by atoms with Gasteiger partial charge in [-0.3, -0.25) is 14.4 Å². The fourth-order valence-corrected chi connectivity index (χ4v) is 9.45. The lowest BCUT2D eigenvalue weighted by molar-refractivity contribution is -0.148. The molecule has 132 valence electrons. The number of hydrogen-bond donors (Lipinski definition) is 0. The monoisotopic (exact) mass is 362 g/mol. The van der Waals surface area contributed by atoms with Gasteiger partial charge in [-0.05, 0) is 18.0 Å². The van der Waals surface area contributed by atoms with Gasteiger partial charge in [0.1, 0.15) is 0 Å². The minimum Gasteiger partial charge on any atom is -0.455 e. The summed E-state index contributed by atoms with van der Waals surface area (Å²) < 4.78 is 21.9. The second-order valence-corrected chi connectivity index (χ2v) is 11.7. The first-order valence-electron chi connectivity index (χ1n) is 7.88. The van der Waals surface area contributed by atoms with E-state index in [1.807, 2.05) is 6.92 Å². The summed E-state index contributed by atoms with van der Waals surface area (Å²) in [7, 11) is -5.38. The van der Waals surface area contributed by atoms with Gasteiger partial charge in [0.15, 0.2) is 9.04 Å². The zero-order valence-electron chi connectivity index (χ0n) is 14.4. The first-order valence-corrected chi connectivity index (χ1v) is 11.6. The maximum atomic E-state index is 11.5. The van der Waals surface area contributed by atoms with Crippen LogP contribution in [0.25, 0.3) is 0 Å². The van der Waals surface area contributed by atoms with Gasteiger partial charge in [0.05, 0.1) is 5.54 Å². The zero-order chi connectivity index (χ0) is 17.6. The zero-order valence-corrected chi connectivity index (χ0v) is 16.6. The van der Waals surface area contributed by atoms with Crippen molar-refractivity contribution in [1.82, 2.24) is 0 Å². The second-order valence-electron chi connectivity index (χ2n) is 5.94. The van der Waals surface area contributed by atoms with Crippen molar-refractivity contribution in [3.05, 3.63) is 0 Å². The summed E-state index contributed by atoms with van der Waals surface area (Å²) in [6.07, 6.45) is 2.15. The molecule has 0 saturated carbocycles. The van der Waals surface area contributed by atoms with Crippen LogP contribution in [0.5, 0.6) is 0 Å². The minimum absolute atomic E-state index is 0.0417. The van der Waals surface area contributed by atoms with Gasteiger partial charge in [-0.1, -0.05) is 20.3 Å². The molecule has 0 aliphatic carbocycles. The summed E-state index contributed by atoms with van der Waals surface area (Å²) in [5.74, 6) is -1.90. The van der Waals surface area contributed by atoms with E-state index in [2.05, 4.69) is 0 Å². The van der Waals surface area contributed by atoms with Crippen LogP contribution in [0.3, 0.4) is 0 Å². The standard InChI is InChI=1S/C14H26O7Si2/c1-10(22-9-7-6-8-18-22)11(2)23(19-12(3)15,20-13(4)16)21-14(5)17/h10-11,22H,6-9H2,1-5H3. The van der Waals surface area contributed by atoms with Crippen LogP contribution in [0.1, 0.15) is 47.5 Å². The fraction of sp³-hybridized carbons (Fsp3) is 0.786. The Balaban J connectivity index is 3.08. The molecule has 0 N–H and O–H groups in total. The number of hydrogen-bond acceptors (Lipinski definition) is 7.